The highest BCUT2D eigenvalue weighted by molar-refractivity contribution is 9.10. The number of halogens is 1. The van der Waals surface area contributed by atoms with Gasteiger partial charge in [-0.2, -0.15) is 0 Å². The van der Waals surface area contributed by atoms with Crippen LogP contribution < -0.4 is 0 Å². The highest BCUT2D eigenvalue weighted by Crippen LogP contribution is 2.16. The molecule has 1 aromatic carbocycles. The Hall–Kier alpha value is -1.07. The molecule has 0 saturated carbocycles. The van der Waals surface area contributed by atoms with Crippen LogP contribution in [0.5, 0.6) is 0 Å². The summed E-state index contributed by atoms with van der Waals surface area (Å²) >= 11 is 3.35. The van der Waals surface area contributed by atoms with Gasteiger partial charge < -0.3 is 14.7 Å². The van der Waals surface area contributed by atoms with E-state index in [1.54, 1.807) is 4.90 Å². The maximum absolute atomic E-state index is 11.4. The predicted octanol–water partition coefficient (Wildman–Crippen LogP) is 1.76. The summed E-state index contributed by atoms with van der Waals surface area (Å²) in [6, 6.07) is 7.76. The summed E-state index contributed by atoms with van der Waals surface area (Å²) in [5.41, 5.74) is 1.04. The van der Waals surface area contributed by atoms with Crippen molar-refractivity contribution in [3.05, 3.63) is 34.3 Å². The summed E-state index contributed by atoms with van der Waals surface area (Å²) in [6.45, 7) is 0.844. The van der Waals surface area contributed by atoms with Crippen molar-refractivity contribution < 1.29 is 14.6 Å². The smallest absolute Gasteiger partial charge is 0.410 e. The predicted molar refractivity (Wildman–Crippen MR) is 61.9 cm³/mol. The molecule has 2 rings (SSSR count). The van der Waals surface area contributed by atoms with E-state index in [-0.39, 0.29) is 18.8 Å². The van der Waals surface area contributed by atoms with Gasteiger partial charge in [0.1, 0.15) is 6.10 Å². The molecule has 0 aromatic heterocycles. The van der Waals surface area contributed by atoms with Gasteiger partial charge in [0.05, 0.1) is 13.2 Å². The van der Waals surface area contributed by atoms with E-state index in [4.69, 9.17) is 9.84 Å². The Balaban J connectivity index is 2.00. The molecule has 1 fully saturated rings. The number of aliphatic hydroxyl groups is 1. The molecule has 0 aliphatic carbocycles. The van der Waals surface area contributed by atoms with Crippen molar-refractivity contribution in [1.29, 1.82) is 0 Å². The largest absolute Gasteiger partial charge is 0.442 e. The zero-order chi connectivity index (χ0) is 11.5. The van der Waals surface area contributed by atoms with Crippen molar-refractivity contribution in [1.82, 2.24) is 4.90 Å². The van der Waals surface area contributed by atoms with E-state index < -0.39 is 0 Å². The zero-order valence-electron chi connectivity index (χ0n) is 8.60. The summed E-state index contributed by atoms with van der Waals surface area (Å²) in [4.78, 5) is 13.0. The van der Waals surface area contributed by atoms with Crippen LogP contribution in [0.4, 0.5) is 4.79 Å². The average molecular weight is 286 g/mol. The van der Waals surface area contributed by atoms with Gasteiger partial charge in [-0.3, -0.25) is 0 Å². The molecule has 4 nitrogen and oxygen atoms in total. The SMILES string of the molecule is O=C1O[C@@H](CO)CN1Cc1ccc(Br)cc1. The second-order valence-electron chi connectivity index (χ2n) is 3.70. The number of hydrogen-bond donors (Lipinski definition) is 1. The van der Waals surface area contributed by atoms with E-state index >= 15 is 0 Å². The lowest BCUT2D eigenvalue weighted by atomic mass is 10.2. The van der Waals surface area contributed by atoms with Gasteiger partial charge in [-0.15, -0.1) is 0 Å². The summed E-state index contributed by atoms with van der Waals surface area (Å²) in [7, 11) is 0. The molecule has 1 heterocycles. The fourth-order valence-corrected chi connectivity index (χ4v) is 1.87. The number of carbonyl (C=O) groups is 1. The number of carbonyl (C=O) groups excluding carboxylic acids is 1. The molecule has 0 spiro atoms. The molecule has 86 valence electrons. The van der Waals surface area contributed by atoms with Gasteiger partial charge >= 0.3 is 6.09 Å². The number of hydrogen-bond acceptors (Lipinski definition) is 3. The van der Waals surface area contributed by atoms with Crippen LogP contribution in [-0.4, -0.2) is 35.4 Å². The van der Waals surface area contributed by atoms with E-state index in [9.17, 15) is 4.79 Å². The van der Waals surface area contributed by atoms with Gasteiger partial charge in [0.2, 0.25) is 0 Å². The van der Waals surface area contributed by atoms with Crippen molar-refractivity contribution in [2.45, 2.75) is 12.6 Å². The average Bonchev–Trinajstić information content (AvgIpc) is 2.63. The molecular weight excluding hydrogens is 274 g/mol. The highest BCUT2D eigenvalue weighted by Gasteiger charge is 2.30. The molecule has 16 heavy (non-hydrogen) atoms. The first kappa shape index (κ1) is 11.4. The molecule has 5 heteroatoms. The highest BCUT2D eigenvalue weighted by atomic mass is 79.9. The molecule has 1 aliphatic rings. The van der Waals surface area contributed by atoms with Crippen LogP contribution in [0, 0.1) is 0 Å². The second kappa shape index (κ2) is 4.84. The van der Waals surface area contributed by atoms with Crippen molar-refractivity contribution in [2.75, 3.05) is 13.2 Å². The minimum atomic E-state index is -0.386. The Kier molecular flexibility index (Phi) is 3.46. The minimum absolute atomic E-state index is 0.122. The standard InChI is InChI=1S/C11H12BrNO3/c12-9-3-1-8(2-4-9)5-13-6-10(7-14)16-11(13)15/h1-4,10,14H,5-7H2/t10-/m1/s1. The molecule has 1 N–H and O–H groups in total. The number of cyclic esters (lactones) is 1. The van der Waals surface area contributed by atoms with Crippen LogP contribution >= 0.6 is 15.9 Å². The normalized spacial score (nSPS) is 20.0. The summed E-state index contributed by atoms with van der Waals surface area (Å²) in [5, 5.41) is 8.89. The monoisotopic (exact) mass is 285 g/mol. The first-order valence-electron chi connectivity index (χ1n) is 5.00. The van der Waals surface area contributed by atoms with Crippen LogP contribution in [0.25, 0.3) is 0 Å². The summed E-state index contributed by atoms with van der Waals surface area (Å²) in [5.74, 6) is 0. The third kappa shape index (κ3) is 2.54. The number of nitrogens with zero attached hydrogens (tertiary/aromatic N) is 1. The molecule has 1 aromatic rings. The molecular formula is C11H12BrNO3. The lowest BCUT2D eigenvalue weighted by Crippen LogP contribution is -2.25. The Labute approximate surface area is 102 Å². The number of benzene rings is 1. The molecule has 1 aliphatic heterocycles. The quantitative estimate of drug-likeness (QED) is 0.921. The second-order valence-corrected chi connectivity index (χ2v) is 4.61. The Morgan fingerprint density at radius 1 is 1.44 bits per heavy atom. The van der Waals surface area contributed by atoms with Crippen LogP contribution in [0.3, 0.4) is 0 Å². The fourth-order valence-electron chi connectivity index (χ4n) is 1.61. The molecule has 1 saturated heterocycles. The van der Waals surface area contributed by atoms with E-state index in [0.29, 0.717) is 13.1 Å². The van der Waals surface area contributed by atoms with E-state index in [1.165, 1.54) is 0 Å². The van der Waals surface area contributed by atoms with Crippen molar-refractivity contribution in [2.24, 2.45) is 0 Å². The Morgan fingerprint density at radius 2 is 2.12 bits per heavy atom. The van der Waals surface area contributed by atoms with Gasteiger partial charge in [0.25, 0.3) is 0 Å². The molecule has 0 bridgehead atoms. The molecule has 1 amide bonds. The Bertz CT molecular complexity index is 379. The van der Waals surface area contributed by atoms with E-state index in [0.717, 1.165) is 10.0 Å². The summed E-state index contributed by atoms with van der Waals surface area (Å²) in [6.07, 6.45) is -0.745. The molecule has 0 radical (unpaired) electrons. The van der Waals surface area contributed by atoms with Gasteiger partial charge in [-0.05, 0) is 17.7 Å². The number of aliphatic hydroxyl groups excluding tert-OH is 1. The van der Waals surface area contributed by atoms with Gasteiger partial charge in [-0.1, -0.05) is 28.1 Å². The van der Waals surface area contributed by atoms with Crippen LogP contribution in [0.15, 0.2) is 28.7 Å². The lowest BCUT2D eigenvalue weighted by Gasteiger charge is -2.12. The molecule has 1 atom stereocenters. The minimum Gasteiger partial charge on any atom is -0.442 e. The maximum atomic E-state index is 11.4. The lowest BCUT2D eigenvalue weighted by molar-refractivity contribution is 0.0947. The van der Waals surface area contributed by atoms with E-state index in [1.807, 2.05) is 24.3 Å². The van der Waals surface area contributed by atoms with Crippen molar-refractivity contribution in [3.8, 4) is 0 Å². The Morgan fingerprint density at radius 3 is 2.69 bits per heavy atom. The van der Waals surface area contributed by atoms with Crippen molar-refractivity contribution >= 4 is 22.0 Å². The summed E-state index contributed by atoms with van der Waals surface area (Å²) < 4.78 is 5.95. The van der Waals surface area contributed by atoms with Gasteiger partial charge in [0.15, 0.2) is 0 Å². The number of amides is 1. The number of ether oxygens (including phenoxy) is 1. The maximum Gasteiger partial charge on any atom is 0.410 e. The first-order valence-corrected chi connectivity index (χ1v) is 5.79. The van der Waals surface area contributed by atoms with Crippen LogP contribution in [0.1, 0.15) is 5.56 Å². The molecule has 0 unspecified atom stereocenters. The van der Waals surface area contributed by atoms with Gasteiger partial charge in [0, 0.05) is 11.0 Å². The van der Waals surface area contributed by atoms with E-state index in [2.05, 4.69) is 15.9 Å². The first-order chi connectivity index (χ1) is 7.69. The zero-order valence-corrected chi connectivity index (χ0v) is 10.2. The third-order valence-electron chi connectivity index (χ3n) is 2.44. The number of rotatable bonds is 3. The van der Waals surface area contributed by atoms with Crippen molar-refractivity contribution in [3.63, 3.8) is 0 Å². The van der Waals surface area contributed by atoms with Gasteiger partial charge in [-0.25, -0.2) is 4.79 Å². The van der Waals surface area contributed by atoms with Crippen LogP contribution in [-0.2, 0) is 11.3 Å². The fraction of sp³-hybridized carbons (Fsp3) is 0.364. The third-order valence-corrected chi connectivity index (χ3v) is 2.97. The van der Waals surface area contributed by atoms with Crippen LogP contribution in [0.2, 0.25) is 0 Å². The topological polar surface area (TPSA) is 49.8 Å².